The molecule has 0 spiro atoms. The number of halogens is 4. The van der Waals surface area contributed by atoms with Gasteiger partial charge in [-0.05, 0) is 6.42 Å². The Balaban J connectivity index is 3.89. The Morgan fingerprint density at radius 3 is 2.14 bits per heavy atom. The van der Waals surface area contributed by atoms with Crippen molar-refractivity contribution in [3.05, 3.63) is 0 Å². The zero-order valence-electron chi connectivity index (χ0n) is 8.14. The molecule has 0 radical (unpaired) electrons. The molecule has 1 unspecified atom stereocenters. The van der Waals surface area contributed by atoms with E-state index in [1.165, 1.54) is 13.8 Å². The molecule has 6 heteroatoms. The van der Waals surface area contributed by atoms with Crippen molar-refractivity contribution >= 4 is 0 Å². The zero-order valence-corrected chi connectivity index (χ0v) is 8.14. The fourth-order valence-electron chi connectivity index (χ4n) is 0.905. The maximum absolute atomic E-state index is 13.1. The normalized spacial score (nSPS) is 15.2. The Labute approximate surface area is 80.4 Å². The van der Waals surface area contributed by atoms with Gasteiger partial charge in [0.2, 0.25) is 0 Å². The zero-order chi connectivity index (χ0) is 11.4. The van der Waals surface area contributed by atoms with Crippen LogP contribution in [-0.4, -0.2) is 25.2 Å². The van der Waals surface area contributed by atoms with Crippen LogP contribution >= 0.6 is 0 Å². The van der Waals surface area contributed by atoms with Gasteiger partial charge in [0.1, 0.15) is 0 Å². The van der Waals surface area contributed by atoms with Crippen LogP contribution in [0.3, 0.4) is 0 Å². The summed E-state index contributed by atoms with van der Waals surface area (Å²) >= 11 is 0. The van der Waals surface area contributed by atoms with Crippen LogP contribution in [0.5, 0.6) is 0 Å². The van der Waals surface area contributed by atoms with Gasteiger partial charge in [-0.1, -0.05) is 13.8 Å². The van der Waals surface area contributed by atoms with Gasteiger partial charge in [-0.2, -0.15) is 8.78 Å². The third kappa shape index (κ3) is 4.23. The molecule has 0 amide bonds. The fourth-order valence-corrected chi connectivity index (χ4v) is 0.905. The second-order valence-corrected chi connectivity index (χ2v) is 3.36. The highest BCUT2D eigenvalue weighted by Crippen LogP contribution is 2.28. The van der Waals surface area contributed by atoms with E-state index in [2.05, 4.69) is 4.74 Å². The molecule has 0 aliphatic carbocycles. The van der Waals surface area contributed by atoms with Gasteiger partial charge in [-0.15, -0.1) is 0 Å². The Bertz CT molecular complexity index is 163. The molecule has 0 aromatic rings. The first-order valence-corrected chi connectivity index (χ1v) is 4.31. The second-order valence-electron chi connectivity index (χ2n) is 3.36. The molecule has 0 saturated heterocycles. The van der Waals surface area contributed by atoms with Gasteiger partial charge in [-0.25, -0.2) is 8.78 Å². The number of ether oxygens (including phenoxy) is 1. The van der Waals surface area contributed by atoms with Crippen molar-refractivity contribution in [2.45, 2.75) is 38.8 Å². The van der Waals surface area contributed by atoms with Crippen LogP contribution in [-0.2, 0) is 4.74 Å². The first-order valence-electron chi connectivity index (χ1n) is 4.31. The maximum Gasteiger partial charge on any atom is 0.345 e. The molecule has 0 rings (SSSR count). The Morgan fingerprint density at radius 1 is 1.29 bits per heavy atom. The van der Waals surface area contributed by atoms with Crippen LogP contribution in [0.4, 0.5) is 17.6 Å². The minimum atomic E-state index is -3.05. The summed E-state index contributed by atoms with van der Waals surface area (Å²) in [6.07, 6.45) is -0.282. The lowest BCUT2D eigenvalue weighted by molar-refractivity contribution is -0.138. The van der Waals surface area contributed by atoms with Crippen molar-refractivity contribution < 1.29 is 22.3 Å². The SMILES string of the molecule is CC(C)C(F)(F)C(N)CCOC(F)F. The van der Waals surface area contributed by atoms with Gasteiger partial charge >= 0.3 is 6.61 Å². The van der Waals surface area contributed by atoms with E-state index < -0.39 is 31.1 Å². The molecule has 86 valence electrons. The molecule has 0 heterocycles. The van der Waals surface area contributed by atoms with Gasteiger partial charge in [0.15, 0.2) is 0 Å². The van der Waals surface area contributed by atoms with Gasteiger partial charge in [0.25, 0.3) is 5.92 Å². The predicted octanol–water partition coefficient (Wildman–Crippen LogP) is 2.23. The molecular weight excluding hydrogens is 202 g/mol. The standard InChI is InChI=1S/C8H15F4NO/c1-5(2)8(11,12)6(13)3-4-14-7(9)10/h5-7H,3-4,13H2,1-2H3. The van der Waals surface area contributed by atoms with Crippen LogP contribution in [0.25, 0.3) is 0 Å². The van der Waals surface area contributed by atoms with Crippen molar-refractivity contribution in [2.75, 3.05) is 6.61 Å². The molecule has 2 nitrogen and oxygen atoms in total. The highest BCUT2D eigenvalue weighted by molar-refractivity contribution is 4.82. The highest BCUT2D eigenvalue weighted by Gasteiger charge is 2.39. The van der Waals surface area contributed by atoms with Gasteiger partial charge in [-0.3, -0.25) is 0 Å². The van der Waals surface area contributed by atoms with Crippen LogP contribution in [0.15, 0.2) is 0 Å². The monoisotopic (exact) mass is 217 g/mol. The lowest BCUT2D eigenvalue weighted by Gasteiger charge is -2.26. The molecule has 0 saturated carbocycles. The molecular formula is C8H15F4NO. The van der Waals surface area contributed by atoms with E-state index in [0.717, 1.165) is 0 Å². The highest BCUT2D eigenvalue weighted by atomic mass is 19.3. The maximum atomic E-state index is 13.1. The van der Waals surface area contributed by atoms with Crippen molar-refractivity contribution in [3.63, 3.8) is 0 Å². The number of rotatable bonds is 6. The average Bonchev–Trinajstić information content (AvgIpc) is 2.02. The Kier molecular flexibility index (Phi) is 5.36. The van der Waals surface area contributed by atoms with Crippen molar-refractivity contribution in [3.8, 4) is 0 Å². The van der Waals surface area contributed by atoms with E-state index in [0.29, 0.717) is 0 Å². The largest absolute Gasteiger partial charge is 0.345 e. The number of nitrogens with two attached hydrogens (primary N) is 1. The van der Waals surface area contributed by atoms with Crippen LogP contribution < -0.4 is 5.73 Å². The molecule has 0 aliphatic heterocycles. The summed E-state index contributed by atoms with van der Waals surface area (Å²) in [5.74, 6) is -3.96. The lowest BCUT2D eigenvalue weighted by Crippen LogP contribution is -2.45. The van der Waals surface area contributed by atoms with Crippen molar-refractivity contribution in [1.82, 2.24) is 0 Å². The smallest absolute Gasteiger partial charge is 0.323 e. The van der Waals surface area contributed by atoms with Gasteiger partial charge in [0, 0.05) is 5.92 Å². The third-order valence-electron chi connectivity index (χ3n) is 1.94. The Morgan fingerprint density at radius 2 is 1.79 bits per heavy atom. The summed E-state index contributed by atoms with van der Waals surface area (Å²) < 4.78 is 53.0. The number of hydrogen-bond acceptors (Lipinski definition) is 2. The molecule has 0 aromatic heterocycles. The first-order chi connectivity index (χ1) is 6.28. The average molecular weight is 217 g/mol. The molecule has 1 atom stereocenters. The van der Waals surface area contributed by atoms with Crippen LogP contribution in [0.2, 0.25) is 0 Å². The van der Waals surface area contributed by atoms with E-state index in [9.17, 15) is 17.6 Å². The third-order valence-corrected chi connectivity index (χ3v) is 1.94. The summed E-state index contributed by atoms with van der Waals surface area (Å²) in [7, 11) is 0. The topological polar surface area (TPSA) is 35.2 Å². The molecule has 0 aromatic carbocycles. The summed E-state index contributed by atoms with van der Waals surface area (Å²) in [5.41, 5.74) is 5.16. The van der Waals surface area contributed by atoms with E-state index in [-0.39, 0.29) is 6.42 Å². The van der Waals surface area contributed by atoms with E-state index in [1.54, 1.807) is 0 Å². The van der Waals surface area contributed by atoms with Gasteiger partial charge < -0.3 is 10.5 Å². The molecule has 0 bridgehead atoms. The lowest BCUT2D eigenvalue weighted by atomic mass is 9.97. The predicted molar refractivity (Wildman–Crippen MR) is 44.3 cm³/mol. The fraction of sp³-hybridized carbons (Fsp3) is 1.00. The molecule has 0 aliphatic rings. The van der Waals surface area contributed by atoms with Crippen LogP contribution in [0, 0.1) is 5.92 Å². The van der Waals surface area contributed by atoms with Gasteiger partial charge in [0.05, 0.1) is 12.6 Å². The number of hydrogen-bond donors (Lipinski definition) is 1. The second kappa shape index (κ2) is 5.50. The van der Waals surface area contributed by atoms with Crippen molar-refractivity contribution in [1.29, 1.82) is 0 Å². The van der Waals surface area contributed by atoms with E-state index in [1.807, 2.05) is 0 Å². The summed E-state index contributed by atoms with van der Waals surface area (Å²) in [6, 6.07) is -1.44. The van der Waals surface area contributed by atoms with E-state index in [4.69, 9.17) is 5.73 Å². The molecule has 0 fully saturated rings. The summed E-state index contributed by atoms with van der Waals surface area (Å²) in [6.45, 7) is -0.738. The minimum Gasteiger partial charge on any atom is -0.323 e. The summed E-state index contributed by atoms with van der Waals surface area (Å²) in [5, 5.41) is 0. The van der Waals surface area contributed by atoms with Crippen LogP contribution in [0.1, 0.15) is 20.3 Å². The first kappa shape index (κ1) is 13.6. The van der Waals surface area contributed by atoms with E-state index >= 15 is 0 Å². The Hall–Kier alpha value is -0.360. The minimum absolute atomic E-state index is 0.282. The quantitative estimate of drug-likeness (QED) is 0.692. The summed E-state index contributed by atoms with van der Waals surface area (Å²) in [4.78, 5) is 0. The molecule has 14 heavy (non-hydrogen) atoms. The molecule has 2 N–H and O–H groups in total. The number of alkyl halides is 4. The van der Waals surface area contributed by atoms with Crippen molar-refractivity contribution in [2.24, 2.45) is 11.7 Å².